The van der Waals surface area contributed by atoms with E-state index in [2.05, 4.69) is 10.2 Å². The van der Waals surface area contributed by atoms with Crippen LogP contribution in [0.15, 0.2) is 30.3 Å². The largest absolute Gasteiger partial charge is 0.478 e. The van der Waals surface area contributed by atoms with Crippen LogP contribution in [0.4, 0.5) is 5.69 Å². The number of carboxylic acids is 1. The molecule has 0 aliphatic carbocycles. The molecular formula is C15H18N2O3. The maximum Gasteiger partial charge on any atom is 0.328 e. The van der Waals surface area contributed by atoms with Gasteiger partial charge < -0.3 is 15.3 Å². The van der Waals surface area contributed by atoms with Crippen molar-refractivity contribution in [1.29, 1.82) is 0 Å². The molecule has 1 aromatic carbocycles. The number of carbonyl (C=O) groups is 2. The van der Waals surface area contributed by atoms with Crippen LogP contribution in [0.25, 0.3) is 6.08 Å². The highest BCUT2D eigenvalue weighted by molar-refractivity contribution is 5.87. The maximum atomic E-state index is 11.8. The number of piperazine rings is 1. The van der Waals surface area contributed by atoms with E-state index in [9.17, 15) is 9.59 Å². The van der Waals surface area contributed by atoms with Crippen molar-refractivity contribution in [3.63, 3.8) is 0 Å². The topological polar surface area (TPSA) is 69.6 Å². The summed E-state index contributed by atoms with van der Waals surface area (Å²) in [6, 6.07) is 7.41. The summed E-state index contributed by atoms with van der Waals surface area (Å²) in [4.78, 5) is 24.4. The first-order valence-electron chi connectivity index (χ1n) is 6.67. The lowest BCUT2D eigenvalue weighted by Gasteiger charge is -2.36. The van der Waals surface area contributed by atoms with Crippen molar-refractivity contribution in [3.05, 3.63) is 35.9 Å². The third-order valence-corrected chi connectivity index (χ3v) is 3.36. The summed E-state index contributed by atoms with van der Waals surface area (Å²) in [5, 5.41) is 11.5. The van der Waals surface area contributed by atoms with Gasteiger partial charge in [-0.3, -0.25) is 4.79 Å². The van der Waals surface area contributed by atoms with Crippen molar-refractivity contribution in [2.75, 3.05) is 18.0 Å². The molecule has 1 atom stereocenters. The fourth-order valence-corrected chi connectivity index (χ4v) is 2.37. The highest BCUT2D eigenvalue weighted by Gasteiger charge is 2.27. The number of hydrogen-bond acceptors (Lipinski definition) is 3. The lowest BCUT2D eigenvalue weighted by atomic mass is 10.1. The summed E-state index contributed by atoms with van der Waals surface area (Å²) in [5.41, 5.74) is 1.81. The summed E-state index contributed by atoms with van der Waals surface area (Å²) < 4.78 is 0. The maximum absolute atomic E-state index is 11.8. The molecule has 1 aromatic rings. The van der Waals surface area contributed by atoms with E-state index in [1.807, 2.05) is 31.2 Å². The van der Waals surface area contributed by atoms with E-state index in [0.717, 1.165) is 30.3 Å². The van der Waals surface area contributed by atoms with Gasteiger partial charge in [0.2, 0.25) is 5.91 Å². The van der Waals surface area contributed by atoms with E-state index in [-0.39, 0.29) is 11.9 Å². The molecule has 0 bridgehead atoms. The molecule has 2 rings (SSSR count). The molecule has 1 unspecified atom stereocenters. The van der Waals surface area contributed by atoms with Gasteiger partial charge in [0, 0.05) is 24.9 Å². The van der Waals surface area contributed by atoms with Gasteiger partial charge in [0.1, 0.15) is 6.04 Å². The summed E-state index contributed by atoms with van der Waals surface area (Å²) in [5.74, 6) is -0.901. The van der Waals surface area contributed by atoms with E-state index >= 15 is 0 Å². The zero-order valence-electron chi connectivity index (χ0n) is 11.4. The first-order chi connectivity index (χ1) is 9.61. The van der Waals surface area contributed by atoms with Crippen LogP contribution in [0.5, 0.6) is 0 Å². The van der Waals surface area contributed by atoms with Gasteiger partial charge in [-0.2, -0.15) is 0 Å². The number of carboxylic acid groups (broad SMARTS) is 1. The van der Waals surface area contributed by atoms with Crippen molar-refractivity contribution in [3.8, 4) is 0 Å². The van der Waals surface area contributed by atoms with Crippen LogP contribution in [0.1, 0.15) is 18.9 Å². The Hall–Kier alpha value is -2.30. The minimum absolute atomic E-state index is 0.0635. The monoisotopic (exact) mass is 274 g/mol. The minimum Gasteiger partial charge on any atom is -0.478 e. The van der Waals surface area contributed by atoms with Crippen molar-refractivity contribution < 1.29 is 14.7 Å². The average molecular weight is 274 g/mol. The molecule has 1 fully saturated rings. The molecule has 0 spiro atoms. The number of carbonyl (C=O) groups excluding carboxylic acids is 1. The second-order valence-corrected chi connectivity index (χ2v) is 4.67. The lowest BCUT2D eigenvalue weighted by Crippen LogP contribution is -2.55. The molecule has 5 nitrogen and oxygen atoms in total. The molecule has 1 saturated heterocycles. The third-order valence-electron chi connectivity index (χ3n) is 3.36. The Kier molecular flexibility index (Phi) is 4.40. The van der Waals surface area contributed by atoms with Crippen LogP contribution < -0.4 is 10.2 Å². The Bertz CT molecular complexity index is 522. The molecule has 106 valence electrons. The second-order valence-electron chi connectivity index (χ2n) is 4.67. The van der Waals surface area contributed by atoms with Crippen LogP contribution in [0.2, 0.25) is 0 Å². The number of aliphatic carboxylic acids is 1. The van der Waals surface area contributed by atoms with Gasteiger partial charge in [0.25, 0.3) is 0 Å². The van der Waals surface area contributed by atoms with E-state index in [0.29, 0.717) is 6.54 Å². The highest BCUT2D eigenvalue weighted by atomic mass is 16.4. The Morgan fingerprint density at radius 1 is 1.45 bits per heavy atom. The van der Waals surface area contributed by atoms with Crippen LogP contribution in [-0.4, -0.2) is 36.1 Å². The number of nitrogens with zero attached hydrogens (tertiary/aromatic N) is 1. The van der Waals surface area contributed by atoms with Gasteiger partial charge in [0.05, 0.1) is 0 Å². The standard InChI is InChI=1S/C15H18N2O3/c1-2-13-15(20)16-9-10-17(13)12-6-3-11(4-7-12)5-8-14(18)19/h3-8,13H,2,9-10H2,1H3,(H,16,20)(H,18,19). The van der Waals surface area contributed by atoms with Gasteiger partial charge in [-0.15, -0.1) is 0 Å². The lowest BCUT2D eigenvalue weighted by molar-refractivity contribution is -0.131. The quantitative estimate of drug-likeness (QED) is 0.816. The van der Waals surface area contributed by atoms with Gasteiger partial charge in [-0.25, -0.2) is 4.79 Å². The first-order valence-corrected chi connectivity index (χ1v) is 6.67. The Morgan fingerprint density at radius 3 is 2.75 bits per heavy atom. The van der Waals surface area contributed by atoms with Crippen LogP contribution in [-0.2, 0) is 9.59 Å². The predicted octanol–water partition coefficient (Wildman–Crippen LogP) is 1.50. The molecule has 1 aliphatic heterocycles. The molecule has 0 radical (unpaired) electrons. The normalized spacial score (nSPS) is 19.1. The van der Waals surface area contributed by atoms with Crippen LogP contribution in [0.3, 0.4) is 0 Å². The van der Waals surface area contributed by atoms with Crippen molar-refractivity contribution in [1.82, 2.24) is 5.32 Å². The molecule has 20 heavy (non-hydrogen) atoms. The molecule has 0 saturated carbocycles. The van der Waals surface area contributed by atoms with Crippen LogP contribution in [0, 0.1) is 0 Å². The number of rotatable bonds is 4. The molecule has 1 aliphatic rings. The minimum atomic E-state index is -0.965. The SMILES string of the molecule is CCC1C(=O)NCCN1c1ccc(C=CC(=O)O)cc1. The molecule has 1 heterocycles. The van der Waals surface area contributed by atoms with Gasteiger partial charge in [0.15, 0.2) is 0 Å². The fraction of sp³-hybridized carbons (Fsp3) is 0.333. The molecule has 5 heteroatoms. The van der Waals surface area contributed by atoms with E-state index in [1.165, 1.54) is 0 Å². The molecular weight excluding hydrogens is 256 g/mol. The summed E-state index contributed by atoms with van der Waals surface area (Å²) in [6.45, 7) is 3.43. The molecule has 1 amide bonds. The van der Waals surface area contributed by atoms with Gasteiger partial charge >= 0.3 is 5.97 Å². The van der Waals surface area contributed by atoms with E-state index < -0.39 is 5.97 Å². The molecule has 2 N–H and O–H groups in total. The zero-order valence-corrected chi connectivity index (χ0v) is 11.4. The number of anilines is 1. The fourth-order valence-electron chi connectivity index (χ4n) is 2.37. The van der Waals surface area contributed by atoms with Crippen molar-refractivity contribution in [2.24, 2.45) is 0 Å². The van der Waals surface area contributed by atoms with Crippen molar-refractivity contribution in [2.45, 2.75) is 19.4 Å². The Balaban J connectivity index is 2.16. The van der Waals surface area contributed by atoms with Crippen molar-refractivity contribution >= 4 is 23.6 Å². The average Bonchev–Trinajstić information content (AvgIpc) is 2.45. The number of hydrogen-bond donors (Lipinski definition) is 2. The van der Waals surface area contributed by atoms with E-state index in [4.69, 9.17) is 5.11 Å². The van der Waals surface area contributed by atoms with Gasteiger partial charge in [-0.05, 0) is 30.2 Å². The smallest absolute Gasteiger partial charge is 0.328 e. The Labute approximate surface area is 117 Å². The zero-order chi connectivity index (χ0) is 14.5. The van der Waals surface area contributed by atoms with E-state index in [1.54, 1.807) is 6.08 Å². The van der Waals surface area contributed by atoms with Crippen LogP contribution >= 0.6 is 0 Å². The predicted molar refractivity (Wildman–Crippen MR) is 77.5 cm³/mol. The summed E-state index contributed by atoms with van der Waals surface area (Å²) in [7, 11) is 0. The number of nitrogens with one attached hydrogen (secondary N) is 1. The number of amides is 1. The molecule has 0 aromatic heterocycles. The summed E-state index contributed by atoms with van der Waals surface area (Å²) in [6.07, 6.45) is 3.41. The summed E-state index contributed by atoms with van der Waals surface area (Å²) >= 11 is 0. The highest BCUT2D eigenvalue weighted by Crippen LogP contribution is 2.21. The first kappa shape index (κ1) is 14.1. The third kappa shape index (κ3) is 3.17. The number of benzene rings is 1. The van der Waals surface area contributed by atoms with Gasteiger partial charge in [-0.1, -0.05) is 19.1 Å². The Morgan fingerprint density at radius 2 is 2.15 bits per heavy atom. The second kappa shape index (κ2) is 6.23.